The Bertz CT molecular complexity index is 198. The van der Waals surface area contributed by atoms with E-state index in [1.807, 2.05) is 0 Å². The number of rotatable bonds is 5. The molecule has 1 saturated heterocycles. The minimum Gasteiger partial charge on any atom is -0.312 e. The molecule has 0 amide bonds. The molecule has 1 N–H and O–H groups in total. The molecule has 17 heavy (non-hydrogen) atoms. The highest BCUT2D eigenvalue weighted by atomic mass is 32.2. The minimum absolute atomic E-state index is 0.770. The zero-order chi connectivity index (χ0) is 11.9. The number of hydrogen-bond donors (Lipinski definition) is 1. The Kier molecular flexibility index (Phi) is 6.16. The smallest absolute Gasteiger partial charge is 0.0170 e. The van der Waals surface area contributed by atoms with Gasteiger partial charge < -0.3 is 10.2 Å². The Labute approximate surface area is 111 Å². The molecule has 100 valence electrons. The first-order chi connectivity index (χ1) is 8.40. The first kappa shape index (κ1) is 13.7. The lowest BCUT2D eigenvalue weighted by atomic mass is 9.94. The molecule has 0 aromatic heterocycles. The van der Waals surface area contributed by atoms with Gasteiger partial charge in [-0.1, -0.05) is 26.2 Å². The summed E-state index contributed by atoms with van der Waals surface area (Å²) >= 11 is 2.12. The van der Waals surface area contributed by atoms with Crippen molar-refractivity contribution in [3.05, 3.63) is 0 Å². The maximum absolute atomic E-state index is 3.65. The van der Waals surface area contributed by atoms with Crippen LogP contribution in [0.1, 0.15) is 45.4 Å². The maximum atomic E-state index is 3.65. The van der Waals surface area contributed by atoms with Gasteiger partial charge in [0.15, 0.2) is 0 Å². The minimum atomic E-state index is 0.770. The molecule has 1 unspecified atom stereocenters. The molecular formula is C14H28N2S. The summed E-state index contributed by atoms with van der Waals surface area (Å²) < 4.78 is 0. The van der Waals surface area contributed by atoms with Crippen molar-refractivity contribution in [1.82, 2.24) is 10.2 Å². The molecule has 0 bridgehead atoms. The Morgan fingerprint density at radius 3 is 2.71 bits per heavy atom. The average Bonchev–Trinajstić information content (AvgIpc) is 2.42. The van der Waals surface area contributed by atoms with Crippen LogP contribution in [0.4, 0.5) is 0 Å². The molecule has 2 nitrogen and oxygen atoms in total. The summed E-state index contributed by atoms with van der Waals surface area (Å²) in [5.41, 5.74) is 0. The van der Waals surface area contributed by atoms with Crippen molar-refractivity contribution in [1.29, 1.82) is 0 Å². The van der Waals surface area contributed by atoms with E-state index in [0.717, 1.165) is 12.1 Å². The van der Waals surface area contributed by atoms with Gasteiger partial charge in [0.05, 0.1) is 0 Å². The molecule has 0 spiro atoms. The second-order valence-corrected chi connectivity index (χ2v) is 6.58. The number of hydrogen-bond acceptors (Lipinski definition) is 3. The average molecular weight is 256 g/mol. The molecule has 0 aromatic carbocycles. The Morgan fingerprint density at radius 1 is 1.24 bits per heavy atom. The van der Waals surface area contributed by atoms with Crippen molar-refractivity contribution in [3.63, 3.8) is 0 Å². The van der Waals surface area contributed by atoms with Gasteiger partial charge in [0, 0.05) is 30.1 Å². The molecule has 0 aromatic rings. The Hall–Kier alpha value is 0.270. The summed E-state index contributed by atoms with van der Waals surface area (Å²) in [6.07, 6.45) is 8.62. The lowest BCUT2D eigenvalue weighted by molar-refractivity contribution is 0.157. The van der Waals surface area contributed by atoms with E-state index in [4.69, 9.17) is 0 Å². The van der Waals surface area contributed by atoms with Crippen molar-refractivity contribution in [3.8, 4) is 0 Å². The summed E-state index contributed by atoms with van der Waals surface area (Å²) in [6.45, 7) is 6.09. The van der Waals surface area contributed by atoms with E-state index >= 15 is 0 Å². The van der Waals surface area contributed by atoms with Crippen LogP contribution in [0.25, 0.3) is 0 Å². The number of thioether (sulfide) groups is 1. The van der Waals surface area contributed by atoms with Gasteiger partial charge in [0.2, 0.25) is 0 Å². The van der Waals surface area contributed by atoms with Crippen LogP contribution in [-0.2, 0) is 0 Å². The fourth-order valence-electron chi connectivity index (χ4n) is 3.17. The van der Waals surface area contributed by atoms with Crippen LogP contribution in [0.15, 0.2) is 0 Å². The van der Waals surface area contributed by atoms with Gasteiger partial charge in [-0.2, -0.15) is 11.8 Å². The van der Waals surface area contributed by atoms with Gasteiger partial charge in [0.1, 0.15) is 0 Å². The monoisotopic (exact) mass is 256 g/mol. The van der Waals surface area contributed by atoms with Crippen molar-refractivity contribution in [2.45, 2.75) is 57.5 Å². The first-order valence-corrected chi connectivity index (χ1v) is 8.61. The van der Waals surface area contributed by atoms with Gasteiger partial charge in [-0.15, -0.1) is 0 Å². The molecule has 2 aliphatic rings. The Balaban J connectivity index is 1.70. The highest BCUT2D eigenvalue weighted by Crippen LogP contribution is 2.23. The largest absolute Gasteiger partial charge is 0.312 e. The lowest BCUT2D eigenvalue weighted by Crippen LogP contribution is -2.43. The molecule has 1 aliphatic heterocycles. The third-order valence-electron chi connectivity index (χ3n) is 4.26. The zero-order valence-electron chi connectivity index (χ0n) is 11.3. The van der Waals surface area contributed by atoms with Crippen LogP contribution < -0.4 is 5.32 Å². The quantitative estimate of drug-likeness (QED) is 0.814. The highest BCUT2D eigenvalue weighted by Gasteiger charge is 2.21. The fraction of sp³-hybridized carbons (Fsp3) is 1.00. The molecular weight excluding hydrogens is 228 g/mol. The summed E-state index contributed by atoms with van der Waals surface area (Å²) in [5, 5.41) is 3.65. The van der Waals surface area contributed by atoms with E-state index in [9.17, 15) is 0 Å². The molecule has 3 heteroatoms. The van der Waals surface area contributed by atoms with Gasteiger partial charge in [-0.05, 0) is 32.4 Å². The molecule has 1 atom stereocenters. The number of nitrogens with zero attached hydrogens (tertiary/aromatic N) is 1. The maximum Gasteiger partial charge on any atom is 0.0170 e. The standard InChI is InChI=1S/C14H28N2S/c1-2-16(14-6-4-3-5-7-14)10-8-13-12-17-11-9-15-13/h13-15H,2-12H2,1H3. The van der Waals surface area contributed by atoms with E-state index in [1.54, 1.807) is 0 Å². The predicted octanol–water partition coefficient (Wildman–Crippen LogP) is 2.74. The summed E-state index contributed by atoms with van der Waals surface area (Å²) in [4.78, 5) is 2.74. The van der Waals surface area contributed by atoms with E-state index in [-0.39, 0.29) is 0 Å². The van der Waals surface area contributed by atoms with Crippen LogP contribution in [0, 0.1) is 0 Å². The lowest BCUT2D eigenvalue weighted by Gasteiger charge is -2.35. The third-order valence-corrected chi connectivity index (χ3v) is 5.39. The summed E-state index contributed by atoms with van der Waals surface area (Å²) in [5.74, 6) is 2.62. The normalized spacial score (nSPS) is 27.5. The molecule has 1 heterocycles. The molecule has 2 rings (SSSR count). The van der Waals surface area contributed by atoms with Crippen molar-refractivity contribution >= 4 is 11.8 Å². The van der Waals surface area contributed by atoms with Crippen molar-refractivity contribution < 1.29 is 0 Å². The molecule has 0 radical (unpaired) electrons. The van der Waals surface area contributed by atoms with Crippen LogP contribution in [-0.4, -0.2) is 48.1 Å². The second kappa shape index (κ2) is 7.65. The SMILES string of the molecule is CCN(CCC1CSCCN1)C1CCCCC1. The van der Waals surface area contributed by atoms with E-state index in [2.05, 4.69) is 28.9 Å². The van der Waals surface area contributed by atoms with Crippen molar-refractivity contribution in [2.24, 2.45) is 0 Å². The Morgan fingerprint density at radius 2 is 2.06 bits per heavy atom. The number of nitrogens with one attached hydrogen (secondary N) is 1. The predicted molar refractivity (Wildman–Crippen MR) is 77.9 cm³/mol. The zero-order valence-corrected chi connectivity index (χ0v) is 12.1. The van der Waals surface area contributed by atoms with Crippen LogP contribution >= 0.6 is 11.8 Å². The summed E-state index contributed by atoms with van der Waals surface area (Å²) in [7, 11) is 0. The molecule has 1 saturated carbocycles. The second-order valence-electron chi connectivity index (χ2n) is 5.44. The first-order valence-electron chi connectivity index (χ1n) is 7.45. The van der Waals surface area contributed by atoms with E-state index in [0.29, 0.717) is 0 Å². The third kappa shape index (κ3) is 4.46. The van der Waals surface area contributed by atoms with Crippen molar-refractivity contribution in [2.75, 3.05) is 31.1 Å². The highest BCUT2D eigenvalue weighted by molar-refractivity contribution is 7.99. The molecule has 2 fully saturated rings. The topological polar surface area (TPSA) is 15.3 Å². The van der Waals surface area contributed by atoms with Gasteiger partial charge >= 0.3 is 0 Å². The van der Waals surface area contributed by atoms with Crippen LogP contribution in [0.5, 0.6) is 0 Å². The van der Waals surface area contributed by atoms with Crippen LogP contribution in [0.3, 0.4) is 0 Å². The van der Waals surface area contributed by atoms with E-state index in [1.165, 1.54) is 69.7 Å². The van der Waals surface area contributed by atoms with Gasteiger partial charge in [-0.25, -0.2) is 0 Å². The van der Waals surface area contributed by atoms with E-state index < -0.39 is 0 Å². The fourth-order valence-corrected chi connectivity index (χ4v) is 4.17. The van der Waals surface area contributed by atoms with Gasteiger partial charge in [-0.3, -0.25) is 0 Å². The van der Waals surface area contributed by atoms with Gasteiger partial charge in [0.25, 0.3) is 0 Å². The summed E-state index contributed by atoms with van der Waals surface area (Å²) in [6, 6.07) is 1.66. The molecule has 1 aliphatic carbocycles. The van der Waals surface area contributed by atoms with Crippen LogP contribution in [0.2, 0.25) is 0 Å².